The lowest BCUT2D eigenvalue weighted by Gasteiger charge is -2.22. The zero-order chi connectivity index (χ0) is 19.7. The summed E-state index contributed by atoms with van der Waals surface area (Å²) in [5.74, 6) is -1.03. The Labute approximate surface area is 159 Å². The van der Waals surface area contributed by atoms with Gasteiger partial charge in [0.05, 0.1) is 10.9 Å². The second-order valence-corrected chi connectivity index (χ2v) is 7.43. The zero-order valence-electron chi connectivity index (χ0n) is 15.3. The Hall–Kier alpha value is -2.77. The van der Waals surface area contributed by atoms with Crippen molar-refractivity contribution in [2.45, 2.75) is 11.8 Å². The molecule has 0 spiro atoms. The maximum absolute atomic E-state index is 13.2. The molecule has 140 valence electrons. The van der Waals surface area contributed by atoms with Gasteiger partial charge in [-0.15, -0.1) is 0 Å². The van der Waals surface area contributed by atoms with Crippen LogP contribution in [0.4, 0.5) is 5.69 Å². The number of carbonyl (C=O) groups excluding carboxylic acids is 1. The van der Waals surface area contributed by atoms with E-state index in [-0.39, 0.29) is 10.9 Å². The fourth-order valence-electron chi connectivity index (χ4n) is 3.16. The van der Waals surface area contributed by atoms with Crippen molar-refractivity contribution < 1.29 is 14.5 Å². The van der Waals surface area contributed by atoms with Crippen LogP contribution in [-0.2, 0) is 18.2 Å². The average molecular weight is 384 g/mol. The fourth-order valence-corrected chi connectivity index (χ4v) is 3.92. The van der Waals surface area contributed by atoms with Crippen molar-refractivity contribution in [3.05, 3.63) is 64.4 Å². The zero-order valence-corrected chi connectivity index (χ0v) is 16.1. The van der Waals surface area contributed by atoms with E-state index in [0.717, 1.165) is 0 Å². The van der Waals surface area contributed by atoms with E-state index in [0.29, 0.717) is 22.6 Å². The number of aromatic hydroxyl groups is 1. The van der Waals surface area contributed by atoms with Gasteiger partial charge in [0.1, 0.15) is 17.6 Å². The maximum atomic E-state index is 13.2. The number of hydrogen-bond acceptors (Lipinski definition) is 4. The first kappa shape index (κ1) is 19.0. The third-order valence-electron chi connectivity index (χ3n) is 4.51. The van der Waals surface area contributed by atoms with Crippen molar-refractivity contribution in [2.75, 3.05) is 17.7 Å². The van der Waals surface area contributed by atoms with Gasteiger partial charge in [0.25, 0.3) is 11.5 Å². The van der Waals surface area contributed by atoms with Gasteiger partial charge >= 0.3 is 0 Å². The van der Waals surface area contributed by atoms with Crippen molar-refractivity contribution in [2.24, 2.45) is 7.05 Å². The Morgan fingerprint density at radius 3 is 2.44 bits per heavy atom. The van der Waals surface area contributed by atoms with Crippen molar-refractivity contribution >= 4 is 33.7 Å². The van der Waals surface area contributed by atoms with Gasteiger partial charge in [-0.1, -0.05) is 24.3 Å². The Balaban J connectivity index is 2.30. The van der Waals surface area contributed by atoms with Crippen molar-refractivity contribution in [3.63, 3.8) is 0 Å². The van der Waals surface area contributed by atoms with Crippen LogP contribution in [0.25, 0.3) is 10.9 Å². The van der Waals surface area contributed by atoms with Gasteiger partial charge in [-0.2, -0.15) is 0 Å². The van der Waals surface area contributed by atoms with Gasteiger partial charge in [0.2, 0.25) is 0 Å². The molecule has 0 aliphatic heterocycles. The number of aryl methyl sites for hydroxylation is 1. The number of rotatable bonds is 4. The van der Waals surface area contributed by atoms with E-state index < -0.39 is 28.4 Å². The fraction of sp³-hybridized carbons (Fsp3) is 0.200. The summed E-state index contributed by atoms with van der Waals surface area (Å²) >= 11 is -1.40. The number of benzene rings is 2. The van der Waals surface area contributed by atoms with Crippen LogP contribution in [-0.4, -0.2) is 32.9 Å². The first-order valence-electron chi connectivity index (χ1n) is 8.43. The summed E-state index contributed by atoms with van der Waals surface area (Å²) in [4.78, 5) is 27.8. The first-order chi connectivity index (χ1) is 12.9. The third-order valence-corrected chi connectivity index (χ3v) is 5.47. The molecule has 1 unspecified atom stereocenters. The summed E-state index contributed by atoms with van der Waals surface area (Å²) < 4.78 is 13.4. The Morgan fingerprint density at radius 2 is 1.85 bits per heavy atom. The monoisotopic (exact) mass is 384 g/mol. The number of nitrogens with zero attached hydrogens (tertiary/aromatic N) is 2. The summed E-state index contributed by atoms with van der Waals surface area (Å²) in [5, 5.41) is 11.1. The highest BCUT2D eigenvalue weighted by Gasteiger charge is 2.28. The summed E-state index contributed by atoms with van der Waals surface area (Å²) in [6, 6.07) is 13.9. The third kappa shape index (κ3) is 3.20. The van der Waals surface area contributed by atoms with Gasteiger partial charge in [0.15, 0.2) is 4.90 Å². The standard InChI is InChI=1S/C20H20N2O4S/c1-4-22(13-9-6-5-7-10-13)20(25)17-18(23)16-14(21(2)19(17)24)11-8-12-15(16)27(3)26/h5-12,23H,4H2,1-3H3. The molecular weight excluding hydrogens is 364 g/mol. The molecule has 6 nitrogen and oxygen atoms in total. The topological polar surface area (TPSA) is 85.6 Å². The van der Waals surface area contributed by atoms with Crippen molar-refractivity contribution in [1.82, 2.24) is 4.57 Å². The largest absolute Gasteiger partial charge is 0.612 e. The normalized spacial score (nSPS) is 12.1. The van der Waals surface area contributed by atoms with Crippen molar-refractivity contribution in [1.29, 1.82) is 0 Å². The molecule has 1 heterocycles. The molecule has 1 N–H and O–H groups in total. The number of anilines is 1. The second-order valence-electron chi connectivity index (χ2n) is 6.08. The van der Waals surface area contributed by atoms with Crippen LogP contribution in [0.15, 0.2) is 58.2 Å². The summed E-state index contributed by atoms with van der Waals surface area (Å²) in [5.41, 5.74) is 0.121. The highest BCUT2D eigenvalue weighted by atomic mass is 32.2. The van der Waals surface area contributed by atoms with E-state index >= 15 is 0 Å². The number of aromatic nitrogens is 1. The Bertz CT molecular complexity index is 1060. The average Bonchev–Trinajstić information content (AvgIpc) is 2.67. The summed E-state index contributed by atoms with van der Waals surface area (Å²) in [7, 11) is 1.53. The SMILES string of the molecule is CCN(C(=O)c1c(O)c2c([S+](C)[O-])cccc2n(C)c1=O)c1ccccc1. The Morgan fingerprint density at radius 1 is 1.19 bits per heavy atom. The van der Waals surface area contributed by atoms with Gasteiger partial charge in [-0.25, -0.2) is 0 Å². The van der Waals surface area contributed by atoms with Crippen LogP contribution >= 0.6 is 0 Å². The van der Waals surface area contributed by atoms with Gasteiger partial charge in [-0.3, -0.25) is 9.59 Å². The Kier molecular flexibility index (Phi) is 5.25. The molecule has 27 heavy (non-hydrogen) atoms. The minimum Gasteiger partial charge on any atom is -0.612 e. The first-order valence-corrected chi connectivity index (χ1v) is 9.99. The summed E-state index contributed by atoms with van der Waals surface area (Å²) in [6.07, 6.45) is 1.49. The molecule has 0 bridgehead atoms. The van der Waals surface area contributed by atoms with E-state index in [1.807, 2.05) is 6.07 Å². The number of para-hydroxylation sites is 1. The van der Waals surface area contributed by atoms with Crippen LogP contribution in [0, 0.1) is 0 Å². The molecule has 7 heteroatoms. The van der Waals surface area contributed by atoms with Crippen molar-refractivity contribution in [3.8, 4) is 5.75 Å². The van der Waals surface area contributed by atoms with Crippen LogP contribution in [0.5, 0.6) is 5.75 Å². The lowest BCUT2D eigenvalue weighted by atomic mass is 10.1. The number of hydrogen-bond donors (Lipinski definition) is 1. The molecule has 0 saturated heterocycles. The van der Waals surface area contributed by atoms with Gasteiger partial charge < -0.3 is 19.1 Å². The molecule has 0 fully saturated rings. The molecule has 0 aliphatic rings. The van der Waals surface area contributed by atoms with E-state index in [2.05, 4.69) is 0 Å². The smallest absolute Gasteiger partial charge is 0.267 e. The molecule has 2 aromatic carbocycles. The highest BCUT2D eigenvalue weighted by molar-refractivity contribution is 7.91. The van der Waals surface area contributed by atoms with E-state index in [1.54, 1.807) is 49.4 Å². The van der Waals surface area contributed by atoms with Crippen LogP contribution < -0.4 is 10.5 Å². The minimum atomic E-state index is -1.40. The minimum absolute atomic E-state index is 0.257. The number of fused-ring (bicyclic) bond motifs is 1. The van der Waals surface area contributed by atoms with Crippen LogP contribution in [0.2, 0.25) is 0 Å². The molecule has 0 radical (unpaired) electrons. The lowest BCUT2D eigenvalue weighted by molar-refractivity contribution is 0.0984. The molecule has 0 aliphatic carbocycles. The predicted octanol–water partition coefficient (Wildman–Crippen LogP) is 2.65. The number of carbonyl (C=O) groups is 1. The van der Waals surface area contributed by atoms with Gasteiger partial charge in [0, 0.05) is 19.3 Å². The van der Waals surface area contributed by atoms with E-state index in [1.165, 1.54) is 22.8 Å². The quantitative estimate of drug-likeness (QED) is 0.701. The van der Waals surface area contributed by atoms with Crippen LogP contribution in [0.3, 0.4) is 0 Å². The van der Waals surface area contributed by atoms with Gasteiger partial charge in [-0.05, 0) is 42.4 Å². The molecule has 1 aromatic heterocycles. The molecule has 1 atom stereocenters. The molecule has 0 saturated carbocycles. The van der Waals surface area contributed by atoms with Crippen LogP contribution in [0.1, 0.15) is 17.3 Å². The lowest BCUT2D eigenvalue weighted by Crippen LogP contribution is -2.36. The number of pyridine rings is 1. The molecule has 3 aromatic rings. The highest BCUT2D eigenvalue weighted by Crippen LogP contribution is 2.33. The van der Waals surface area contributed by atoms with E-state index in [4.69, 9.17) is 0 Å². The number of amides is 1. The van der Waals surface area contributed by atoms with E-state index in [9.17, 15) is 19.2 Å². The molecule has 1 amide bonds. The predicted molar refractivity (Wildman–Crippen MR) is 107 cm³/mol. The summed E-state index contributed by atoms with van der Waals surface area (Å²) in [6.45, 7) is 2.12. The molecule has 3 rings (SSSR count). The maximum Gasteiger partial charge on any atom is 0.267 e. The molecular formula is C20H20N2O4S. The second kappa shape index (κ2) is 7.46.